The van der Waals surface area contributed by atoms with E-state index in [1.807, 2.05) is 24.3 Å². The minimum atomic E-state index is -1.04. The normalized spacial score (nSPS) is 11.3. The first-order valence-corrected chi connectivity index (χ1v) is 7.83. The summed E-state index contributed by atoms with van der Waals surface area (Å²) in [6.45, 7) is 3.75. The standard InChI is InChI=1S/C16H18N2O4S/c1-16(2,22-3)15(21)17-8-10-5-4-6-11(7-10)13-18-12(9-23-13)14(19)20/h4-7,9H,8H2,1-3H3,(H,17,21)(H,19,20). The fourth-order valence-corrected chi connectivity index (χ4v) is 2.60. The van der Waals surface area contributed by atoms with Gasteiger partial charge in [-0.15, -0.1) is 11.3 Å². The number of carbonyl (C=O) groups excluding carboxylic acids is 1. The summed E-state index contributed by atoms with van der Waals surface area (Å²) in [5.74, 6) is -1.24. The van der Waals surface area contributed by atoms with Crippen molar-refractivity contribution in [3.63, 3.8) is 0 Å². The molecule has 122 valence electrons. The smallest absolute Gasteiger partial charge is 0.355 e. The molecule has 7 heteroatoms. The van der Waals surface area contributed by atoms with Crippen molar-refractivity contribution in [2.75, 3.05) is 7.11 Å². The number of methoxy groups -OCH3 is 1. The molecule has 0 saturated heterocycles. The van der Waals surface area contributed by atoms with Gasteiger partial charge in [0.25, 0.3) is 5.91 Å². The van der Waals surface area contributed by atoms with Crippen LogP contribution in [0.1, 0.15) is 29.9 Å². The predicted octanol–water partition coefficient (Wildman–Crippen LogP) is 2.55. The van der Waals surface area contributed by atoms with E-state index in [1.165, 1.54) is 23.8 Å². The molecule has 0 bridgehead atoms. The van der Waals surface area contributed by atoms with E-state index in [0.29, 0.717) is 11.6 Å². The highest BCUT2D eigenvalue weighted by atomic mass is 32.1. The Bertz CT molecular complexity index is 724. The van der Waals surface area contributed by atoms with Gasteiger partial charge in [-0.1, -0.05) is 18.2 Å². The van der Waals surface area contributed by atoms with E-state index in [9.17, 15) is 9.59 Å². The van der Waals surface area contributed by atoms with Crippen molar-refractivity contribution in [1.82, 2.24) is 10.3 Å². The molecule has 23 heavy (non-hydrogen) atoms. The maximum atomic E-state index is 12.0. The van der Waals surface area contributed by atoms with E-state index in [1.54, 1.807) is 13.8 Å². The first-order chi connectivity index (χ1) is 10.8. The Morgan fingerprint density at radius 1 is 1.39 bits per heavy atom. The molecule has 0 aliphatic rings. The second-order valence-electron chi connectivity index (χ2n) is 5.44. The minimum Gasteiger partial charge on any atom is -0.476 e. The van der Waals surface area contributed by atoms with Crippen molar-refractivity contribution in [2.24, 2.45) is 0 Å². The van der Waals surface area contributed by atoms with Gasteiger partial charge in [0, 0.05) is 24.6 Å². The highest BCUT2D eigenvalue weighted by Gasteiger charge is 2.26. The second-order valence-corrected chi connectivity index (χ2v) is 6.30. The van der Waals surface area contributed by atoms with Gasteiger partial charge < -0.3 is 15.2 Å². The van der Waals surface area contributed by atoms with Gasteiger partial charge in [-0.25, -0.2) is 9.78 Å². The summed E-state index contributed by atoms with van der Waals surface area (Å²) in [5, 5.41) is 13.9. The van der Waals surface area contributed by atoms with Gasteiger partial charge in [-0.2, -0.15) is 0 Å². The van der Waals surface area contributed by atoms with Crippen LogP contribution in [0.15, 0.2) is 29.6 Å². The number of nitrogens with one attached hydrogen (secondary N) is 1. The molecule has 2 rings (SSSR count). The molecule has 0 aliphatic carbocycles. The van der Waals surface area contributed by atoms with Crippen molar-refractivity contribution >= 4 is 23.2 Å². The number of benzene rings is 1. The van der Waals surface area contributed by atoms with Crippen LogP contribution < -0.4 is 5.32 Å². The molecule has 0 saturated carbocycles. The van der Waals surface area contributed by atoms with Crippen LogP contribution in [0, 0.1) is 0 Å². The Kier molecular flexibility index (Phi) is 5.12. The van der Waals surface area contributed by atoms with Gasteiger partial charge in [0.05, 0.1) is 0 Å². The minimum absolute atomic E-state index is 0.0329. The molecule has 2 aromatic rings. The predicted molar refractivity (Wildman–Crippen MR) is 87.4 cm³/mol. The van der Waals surface area contributed by atoms with Crippen molar-refractivity contribution in [3.8, 4) is 10.6 Å². The van der Waals surface area contributed by atoms with Gasteiger partial charge in [0.1, 0.15) is 10.6 Å². The molecule has 1 amide bonds. The Labute approximate surface area is 138 Å². The van der Waals surface area contributed by atoms with E-state index >= 15 is 0 Å². The number of carboxylic acid groups (broad SMARTS) is 1. The number of nitrogens with zero attached hydrogens (tertiary/aromatic N) is 1. The monoisotopic (exact) mass is 334 g/mol. The van der Waals surface area contributed by atoms with Crippen LogP contribution >= 0.6 is 11.3 Å². The first-order valence-electron chi connectivity index (χ1n) is 6.95. The average Bonchev–Trinajstić information content (AvgIpc) is 3.03. The molecule has 0 spiro atoms. The number of carbonyl (C=O) groups is 2. The molecule has 1 aromatic carbocycles. The number of aromatic carboxylic acids is 1. The topological polar surface area (TPSA) is 88.5 Å². The summed E-state index contributed by atoms with van der Waals surface area (Å²) in [6, 6.07) is 7.47. The van der Waals surface area contributed by atoms with Crippen LogP contribution in [-0.2, 0) is 16.1 Å². The third-order valence-electron chi connectivity index (χ3n) is 3.41. The van der Waals surface area contributed by atoms with Gasteiger partial charge in [0.15, 0.2) is 5.69 Å². The van der Waals surface area contributed by atoms with Crippen molar-refractivity contribution < 1.29 is 19.4 Å². The summed E-state index contributed by atoms with van der Waals surface area (Å²) in [6.07, 6.45) is 0. The molecule has 0 unspecified atom stereocenters. The Balaban J connectivity index is 2.11. The number of hydrogen-bond acceptors (Lipinski definition) is 5. The third kappa shape index (κ3) is 4.14. The van der Waals surface area contributed by atoms with Gasteiger partial charge in [-0.05, 0) is 25.5 Å². The van der Waals surface area contributed by atoms with Crippen LogP contribution in [0.25, 0.3) is 10.6 Å². The van der Waals surface area contributed by atoms with E-state index in [0.717, 1.165) is 11.1 Å². The molecule has 0 aliphatic heterocycles. The van der Waals surface area contributed by atoms with E-state index in [4.69, 9.17) is 9.84 Å². The maximum absolute atomic E-state index is 12.0. The third-order valence-corrected chi connectivity index (χ3v) is 4.30. The summed E-state index contributed by atoms with van der Waals surface area (Å²) < 4.78 is 5.13. The highest BCUT2D eigenvalue weighted by molar-refractivity contribution is 7.13. The van der Waals surface area contributed by atoms with E-state index in [2.05, 4.69) is 10.3 Å². The number of aromatic nitrogens is 1. The van der Waals surface area contributed by atoms with Crippen LogP contribution in [0.5, 0.6) is 0 Å². The van der Waals surface area contributed by atoms with Gasteiger partial charge in [0.2, 0.25) is 0 Å². The van der Waals surface area contributed by atoms with Gasteiger partial charge >= 0.3 is 5.97 Å². The molecular weight excluding hydrogens is 316 g/mol. The molecule has 0 radical (unpaired) electrons. The lowest BCUT2D eigenvalue weighted by atomic mass is 10.1. The van der Waals surface area contributed by atoms with Crippen molar-refractivity contribution in [3.05, 3.63) is 40.9 Å². The summed E-state index contributed by atoms with van der Waals surface area (Å²) >= 11 is 1.27. The summed E-state index contributed by atoms with van der Waals surface area (Å²) in [5.41, 5.74) is 0.865. The Morgan fingerprint density at radius 3 is 2.74 bits per heavy atom. The van der Waals surface area contributed by atoms with E-state index in [-0.39, 0.29) is 11.6 Å². The highest BCUT2D eigenvalue weighted by Crippen LogP contribution is 2.24. The molecule has 1 aromatic heterocycles. The molecule has 6 nitrogen and oxygen atoms in total. The number of ether oxygens (including phenoxy) is 1. The lowest BCUT2D eigenvalue weighted by molar-refractivity contribution is -0.139. The van der Waals surface area contributed by atoms with Crippen LogP contribution in [0.2, 0.25) is 0 Å². The largest absolute Gasteiger partial charge is 0.476 e. The average molecular weight is 334 g/mol. The lowest BCUT2D eigenvalue weighted by Crippen LogP contribution is -2.43. The Hall–Kier alpha value is -2.25. The van der Waals surface area contributed by atoms with Crippen molar-refractivity contribution in [1.29, 1.82) is 0 Å². The molecule has 2 N–H and O–H groups in total. The SMILES string of the molecule is COC(C)(C)C(=O)NCc1cccc(-c2nc(C(=O)O)cs2)c1. The first kappa shape index (κ1) is 17.1. The zero-order valence-corrected chi connectivity index (χ0v) is 13.9. The number of carboxylic acids is 1. The number of amides is 1. The van der Waals surface area contributed by atoms with Crippen LogP contribution in [-0.4, -0.2) is 34.7 Å². The summed E-state index contributed by atoms with van der Waals surface area (Å²) in [7, 11) is 1.49. The number of thiazole rings is 1. The van der Waals surface area contributed by atoms with Crippen LogP contribution in [0.4, 0.5) is 0 Å². The zero-order chi connectivity index (χ0) is 17.0. The molecule has 0 atom stereocenters. The fraction of sp³-hybridized carbons (Fsp3) is 0.312. The van der Waals surface area contributed by atoms with Gasteiger partial charge in [-0.3, -0.25) is 4.79 Å². The van der Waals surface area contributed by atoms with Crippen LogP contribution in [0.3, 0.4) is 0 Å². The number of rotatable bonds is 6. The second kappa shape index (κ2) is 6.89. The number of hydrogen-bond donors (Lipinski definition) is 2. The maximum Gasteiger partial charge on any atom is 0.355 e. The zero-order valence-electron chi connectivity index (χ0n) is 13.1. The lowest BCUT2D eigenvalue weighted by Gasteiger charge is -2.21. The van der Waals surface area contributed by atoms with E-state index < -0.39 is 11.6 Å². The quantitative estimate of drug-likeness (QED) is 0.847. The summed E-state index contributed by atoms with van der Waals surface area (Å²) in [4.78, 5) is 27.0. The molecular formula is C16H18N2O4S. The van der Waals surface area contributed by atoms with Crippen molar-refractivity contribution in [2.45, 2.75) is 26.0 Å². The molecule has 0 fully saturated rings. The fourth-order valence-electron chi connectivity index (χ4n) is 1.81. The molecule has 1 heterocycles. The Morgan fingerprint density at radius 2 is 2.13 bits per heavy atom.